The highest BCUT2D eigenvalue weighted by molar-refractivity contribution is 7.10. The lowest BCUT2D eigenvalue weighted by molar-refractivity contribution is 0.0797. The number of rotatable bonds is 7. The summed E-state index contributed by atoms with van der Waals surface area (Å²) in [6, 6.07) is 25.6. The van der Waals surface area contributed by atoms with Crippen LogP contribution in [0.25, 0.3) is 22.0 Å². The maximum absolute atomic E-state index is 9.81. The number of likely N-dealkylation sites (tertiary alicyclic amines) is 1. The molecule has 5 aromatic rings. The van der Waals surface area contributed by atoms with Gasteiger partial charge in [-0.2, -0.15) is 5.26 Å². The van der Waals surface area contributed by atoms with Crippen molar-refractivity contribution in [3.05, 3.63) is 99.8 Å². The van der Waals surface area contributed by atoms with Crippen molar-refractivity contribution >= 4 is 45.2 Å². The summed E-state index contributed by atoms with van der Waals surface area (Å²) in [6.45, 7) is 2.76. The number of aliphatic hydroxyl groups is 1. The molecule has 1 aliphatic heterocycles. The number of nitrogens with one attached hydrogen (secondary N) is 1. The van der Waals surface area contributed by atoms with Crippen molar-refractivity contribution in [2.24, 2.45) is 0 Å². The smallest absolute Gasteiger partial charge is 0.146 e. The summed E-state index contributed by atoms with van der Waals surface area (Å²) in [5.41, 5.74) is 4.91. The van der Waals surface area contributed by atoms with E-state index in [-0.39, 0.29) is 6.10 Å². The van der Waals surface area contributed by atoms with Crippen LogP contribution < -0.4 is 10.1 Å². The van der Waals surface area contributed by atoms with Crippen molar-refractivity contribution in [2.45, 2.75) is 25.5 Å². The molecule has 0 atom stereocenters. The number of aromatic nitrogens is 1. The molecule has 8 heteroatoms. The zero-order valence-electron chi connectivity index (χ0n) is 21.7. The van der Waals surface area contributed by atoms with Gasteiger partial charge in [-0.25, -0.2) is 0 Å². The largest absolute Gasteiger partial charge is 0.456 e. The molecule has 200 valence electrons. The Bertz CT molecular complexity index is 1690. The average molecular weight is 567 g/mol. The van der Waals surface area contributed by atoms with E-state index in [1.807, 2.05) is 48.5 Å². The van der Waals surface area contributed by atoms with E-state index in [0.717, 1.165) is 60.2 Å². The van der Waals surface area contributed by atoms with E-state index in [1.165, 1.54) is 4.88 Å². The van der Waals surface area contributed by atoms with Crippen LogP contribution in [0.2, 0.25) is 5.02 Å². The second-order valence-corrected chi connectivity index (χ2v) is 11.3. The van der Waals surface area contributed by atoms with Gasteiger partial charge in [0, 0.05) is 41.8 Å². The molecule has 0 bridgehead atoms. The highest BCUT2D eigenvalue weighted by Gasteiger charge is 2.18. The van der Waals surface area contributed by atoms with Crippen LogP contribution >= 0.6 is 22.9 Å². The summed E-state index contributed by atoms with van der Waals surface area (Å²) >= 11 is 8.30. The predicted molar refractivity (Wildman–Crippen MR) is 162 cm³/mol. The van der Waals surface area contributed by atoms with E-state index in [2.05, 4.69) is 44.8 Å². The first kappa shape index (κ1) is 26.3. The molecule has 0 radical (unpaired) electrons. The third-order valence-corrected chi connectivity index (χ3v) is 8.30. The predicted octanol–water partition coefficient (Wildman–Crippen LogP) is 7.98. The number of aliphatic hydroxyl groups excluding tert-OH is 1. The SMILES string of the molecule is N#Cc1cnc2cc(-c3csc(CN4CCC(O)CC4)c3)ccc2c1Nc1ccc(Oc2ccccc2)c(Cl)c1. The van der Waals surface area contributed by atoms with E-state index < -0.39 is 0 Å². The van der Waals surface area contributed by atoms with Crippen LogP contribution in [-0.2, 0) is 6.54 Å². The van der Waals surface area contributed by atoms with Gasteiger partial charge in [0.05, 0.1) is 27.9 Å². The maximum Gasteiger partial charge on any atom is 0.146 e. The third kappa shape index (κ3) is 5.81. The molecular weight excluding hydrogens is 540 g/mol. The number of thiophene rings is 1. The van der Waals surface area contributed by atoms with Gasteiger partial charge in [-0.05, 0) is 71.8 Å². The number of ether oxygens (including phenoxy) is 1. The number of para-hydroxylation sites is 1. The van der Waals surface area contributed by atoms with E-state index in [1.54, 1.807) is 23.6 Å². The van der Waals surface area contributed by atoms with Gasteiger partial charge in [0.15, 0.2) is 0 Å². The Hall–Kier alpha value is -3.93. The number of nitrogens with zero attached hydrogens (tertiary/aromatic N) is 3. The van der Waals surface area contributed by atoms with Crippen LogP contribution in [-0.4, -0.2) is 34.2 Å². The summed E-state index contributed by atoms with van der Waals surface area (Å²) in [5, 5.41) is 26.5. The Kier molecular flexibility index (Phi) is 7.67. The van der Waals surface area contributed by atoms with Gasteiger partial charge in [0.2, 0.25) is 0 Å². The van der Waals surface area contributed by atoms with Gasteiger partial charge in [-0.3, -0.25) is 9.88 Å². The number of hydrogen-bond donors (Lipinski definition) is 2. The average Bonchev–Trinajstić information content (AvgIpc) is 3.45. The third-order valence-electron chi connectivity index (χ3n) is 7.09. The van der Waals surface area contributed by atoms with Crippen LogP contribution in [0.3, 0.4) is 0 Å². The fraction of sp³-hybridized carbons (Fsp3) is 0.188. The first-order chi connectivity index (χ1) is 19.6. The fourth-order valence-corrected chi connectivity index (χ4v) is 6.08. The molecule has 3 aromatic carbocycles. The van der Waals surface area contributed by atoms with Crippen molar-refractivity contribution in [2.75, 3.05) is 18.4 Å². The topological polar surface area (TPSA) is 81.4 Å². The second-order valence-electron chi connectivity index (χ2n) is 9.88. The van der Waals surface area contributed by atoms with Crippen molar-refractivity contribution in [1.29, 1.82) is 5.26 Å². The quantitative estimate of drug-likeness (QED) is 0.208. The lowest BCUT2D eigenvalue weighted by Gasteiger charge is -2.28. The molecule has 1 saturated heterocycles. The Morgan fingerprint density at radius 2 is 1.88 bits per heavy atom. The highest BCUT2D eigenvalue weighted by Crippen LogP contribution is 2.36. The summed E-state index contributed by atoms with van der Waals surface area (Å²) in [6.07, 6.45) is 3.12. The Labute approximate surface area is 242 Å². The Morgan fingerprint density at radius 1 is 1.05 bits per heavy atom. The van der Waals surface area contributed by atoms with E-state index >= 15 is 0 Å². The molecule has 6 nitrogen and oxygen atoms in total. The van der Waals surface area contributed by atoms with Gasteiger partial charge >= 0.3 is 0 Å². The van der Waals surface area contributed by atoms with Crippen LogP contribution in [0.1, 0.15) is 23.3 Å². The van der Waals surface area contributed by atoms with Crippen molar-refractivity contribution in [3.8, 4) is 28.7 Å². The standard InChI is InChI=1S/C32H27ClN4O2S/c33-29-16-24(7-9-31(29)39-26-4-2-1-3-5-26)36-32-23(17-34)18-35-30-15-21(6-8-28(30)32)22-14-27(40-20-22)19-37-12-10-25(38)11-13-37/h1-9,14-16,18,20,25,38H,10-13,19H2,(H,35,36). The van der Waals surface area contributed by atoms with Crippen LogP contribution in [0.5, 0.6) is 11.5 Å². The minimum atomic E-state index is -0.161. The molecule has 2 N–H and O–H groups in total. The number of pyridine rings is 1. The summed E-state index contributed by atoms with van der Waals surface area (Å²) < 4.78 is 5.90. The molecule has 6 rings (SSSR count). The molecule has 40 heavy (non-hydrogen) atoms. The lowest BCUT2D eigenvalue weighted by Crippen LogP contribution is -2.35. The number of halogens is 1. The van der Waals surface area contributed by atoms with Gasteiger partial charge in [0.1, 0.15) is 17.6 Å². The highest BCUT2D eigenvalue weighted by atomic mass is 35.5. The summed E-state index contributed by atoms with van der Waals surface area (Å²) in [7, 11) is 0. The van der Waals surface area contributed by atoms with Crippen molar-refractivity contribution < 1.29 is 9.84 Å². The van der Waals surface area contributed by atoms with Crippen LogP contribution in [0.4, 0.5) is 11.4 Å². The molecule has 0 amide bonds. The molecule has 0 saturated carbocycles. The number of hydrogen-bond acceptors (Lipinski definition) is 7. The molecule has 1 fully saturated rings. The van der Waals surface area contributed by atoms with Gasteiger partial charge < -0.3 is 15.2 Å². The number of fused-ring (bicyclic) bond motifs is 1. The van der Waals surface area contributed by atoms with Gasteiger partial charge in [-0.1, -0.05) is 41.9 Å². The maximum atomic E-state index is 9.81. The Morgan fingerprint density at radius 3 is 2.65 bits per heavy atom. The first-order valence-corrected chi connectivity index (χ1v) is 14.4. The van der Waals surface area contributed by atoms with Gasteiger partial charge in [-0.15, -0.1) is 11.3 Å². The molecule has 1 aliphatic rings. The normalized spacial score (nSPS) is 14.2. The summed E-state index contributed by atoms with van der Waals surface area (Å²) in [4.78, 5) is 8.29. The number of piperidine rings is 1. The summed E-state index contributed by atoms with van der Waals surface area (Å²) in [5.74, 6) is 1.26. The zero-order chi connectivity index (χ0) is 27.5. The van der Waals surface area contributed by atoms with Crippen molar-refractivity contribution in [1.82, 2.24) is 9.88 Å². The van der Waals surface area contributed by atoms with Crippen molar-refractivity contribution in [3.63, 3.8) is 0 Å². The monoisotopic (exact) mass is 566 g/mol. The Balaban J connectivity index is 1.23. The lowest BCUT2D eigenvalue weighted by atomic mass is 10.0. The minimum absolute atomic E-state index is 0.161. The van der Waals surface area contributed by atoms with E-state index in [4.69, 9.17) is 16.3 Å². The number of anilines is 2. The number of nitriles is 1. The fourth-order valence-electron chi connectivity index (χ4n) is 4.93. The molecule has 2 aromatic heterocycles. The van der Waals surface area contributed by atoms with Crippen LogP contribution in [0.15, 0.2) is 84.4 Å². The second kappa shape index (κ2) is 11.7. The minimum Gasteiger partial charge on any atom is -0.456 e. The van der Waals surface area contributed by atoms with Gasteiger partial charge in [0.25, 0.3) is 0 Å². The molecule has 0 aliphatic carbocycles. The first-order valence-electron chi connectivity index (χ1n) is 13.2. The molecule has 0 unspecified atom stereocenters. The zero-order valence-corrected chi connectivity index (χ0v) is 23.3. The van der Waals surface area contributed by atoms with E-state index in [0.29, 0.717) is 27.8 Å². The molecule has 3 heterocycles. The van der Waals surface area contributed by atoms with Crippen LogP contribution in [0, 0.1) is 11.3 Å². The molecular formula is C32H27ClN4O2S. The molecule has 0 spiro atoms. The van der Waals surface area contributed by atoms with E-state index in [9.17, 15) is 10.4 Å². The number of benzene rings is 3.